The van der Waals surface area contributed by atoms with Gasteiger partial charge in [-0.15, -0.1) is 0 Å². The summed E-state index contributed by atoms with van der Waals surface area (Å²) in [5.41, 5.74) is 2.62. The number of methoxy groups -OCH3 is 1. The van der Waals surface area contributed by atoms with Crippen LogP contribution in [0.2, 0.25) is 0 Å². The van der Waals surface area contributed by atoms with E-state index in [0.717, 1.165) is 46.5 Å². The summed E-state index contributed by atoms with van der Waals surface area (Å²) in [6.45, 7) is 3.38. The highest BCUT2D eigenvalue weighted by Gasteiger charge is 2.07. The lowest BCUT2D eigenvalue weighted by Gasteiger charge is -2.07. The van der Waals surface area contributed by atoms with Gasteiger partial charge in [-0.1, -0.05) is 25.1 Å². The molecule has 7 heteroatoms. The zero-order chi connectivity index (χ0) is 21.2. The molecular weight excluding hydrogens is 398 g/mol. The number of carbonyl (C=O) groups excluding carboxylic acids is 1. The van der Waals surface area contributed by atoms with E-state index in [1.807, 2.05) is 42.6 Å². The molecule has 0 spiro atoms. The van der Waals surface area contributed by atoms with Crippen LogP contribution in [0.1, 0.15) is 30.1 Å². The summed E-state index contributed by atoms with van der Waals surface area (Å²) in [5, 5.41) is 3.76. The van der Waals surface area contributed by atoms with Crippen molar-refractivity contribution in [1.82, 2.24) is 15.3 Å². The largest absolute Gasteiger partial charge is 0.497 e. The third-order valence-electron chi connectivity index (χ3n) is 4.46. The van der Waals surface area contributed by atoms with Gasteiger partial charge < -0.3 is 19.8 Å². The van der Waals surface area contributed by atoms with E-state index in [-0.39, 0.29) is 5.91 Å². The van der Waals surface area contributed by atoms with Gasteiger partial charge in [-0.2, -0.15) is 0 Å². The van der Waals surface area contributed by atoms with Crippen molar-refractivity contribution in [3.05, 3.63) is 60.3 Å². The zero-order valence-corrected chi connectivity index (χ0v) is 18.1. The minimum Gasteiger partial charge on any atom is -0.497 e. The van der Waals surface area contributed by atoms with Crippen LogP contribution in [-0.2, 0) is 0 Å². The molecule has 2 N–H and O–H groups in total. The number of benzene rings is 2. The third-order valence-corrected chi connectivity index (χ3v) is 5.35. The van der Waals surface area contributed by atoms with E-state index in [0.29, 0.717) is 18.7 Å². The molecule has 0 aliphatic heterocycles. The van der Waals surface area contributed by atoms with E-state index in [4.69, 9.17) is 9.47 Å². The molecule has 0 radical (unpaired) electrons. The van der Waals surface area contributed by atoms with Crippen molar-refractivity contribution < 1.29 is 14.3 Å². The monoisotopic (exact) mass is 425 g/mol. The van der Waals surface area contributed by atoms with Crippen LogP contribution in [0.5, 0.6) is 11.5 Å². The van der Waals surface area contributed by atoms with Gasteiger partial charge in [-0.05, 0) is 60.5 Å². The topological polar surface area (TPSA) is 76.2 Å². The summed E-state index contributed by atoms with van der Waals surface area (Å²) in [5.74, 6) is 2.25. The number of H-pyrrole nitrogens is 1. The normalized spacial score (nSPS) is 10.6. The number of aromatic nitrogens is 2. The molecule has 2 aromatic carbocycles. The molecule has 0 fully saturated rings. The Morgan fingerprint density at radius 3 is 2.53 bits per heavy atom. The van der Waals surface area contributed by atoms with Gasteiger partial charge >= 0.3 is 0 Å². The molecule has 1 amide bonds. The molecule has 3 aromatic rings. The maximum absolute atomic E-state index is 12.3. The molecule has 0 saturated heterocycles. The molecule has 0 atom stereocenters. The van der Waals surface area contributed by atoms with Crippen LogP contribution < -0.4 is 14.8 Å². The number of unbranched alkanes of at least 4 members (excludes halogenated alkanes) is 1. The quantitative estimate of drug-likeness (QED) is 0.341. The Hall–Kier alpha value is -2.93. The number of nitrogens with one attached hydrogen (secondary N) is 2. The number of ether oxygens (including phenoxy) is 2. The van der Waals surface area contributed by atoms with Gasteiger partial charge in [0.25, 0.3) is 5.91 Å². The van der Waals surface area contributed by atoms with Crippen LogP contribution in [-0.4, -0.2) is 41.9 Å². The number of nitrogens with zero attached hydrogens (tertiary/aromatic N) is 1. The highest BCUT2D eigenvalue weighted by molar-refractivity contribution is 7.99. The van der Waals surface area contributed by atoms with Gasteiger partial charge in [-0.3, -0.25) is 4.79 Å². The highest BCUT2D eigenvalue weighted by atomic mass is 32.2. The van der Waals surface area contributed by atoms with Gasteiger partial charge in [0.05, 0.1) is 25.6 Å². The minimum atomic E-state index is -0.0888. The average molecular weight is 426 g/mol. The van der Waals surface area contributed by atoms with Gasteiger partial charge in [-0.25, -0.2) is 4.98 Å². The summed E-state index contributed by atoms with van der Waals surface area (Å²) in [6, 6.07) is 15.1. The van der Waals surface area contributed by atoms with Crippen molar-refractivity contribution in [3.8, 4) is 22.8 Å². The lowest BCUT2D eigenvalue weighted by molar-refractivity contribution is 0.0956. The first-order chi connectivity index (χ1) is 14.7. The van der Waals surface area contributed by atoms with Crippen LogP contribution in [0.25, 0.3) is 11.3 Å². The van der Waals surface area contributed by atoms with Crippen molar-refractivity contribution in [2.45, 2.75) is 24.9 Å². The second kappa shape index (κ2) is 11.3. The smallest absolute Gasteiger partial charge is 0.251 e. The molecule has 1 aromatic heterocycles. The molecule has 158 valence electrons. The van der Waals surface area contributed by atoms with Crippen molar-refractivity contribution in [3.63, 3.8) is 0 Å². The Morgan fingerprint density at radius 1 is 1.10 bits per heavy atom. The molecule has 30 heavy (non-hydrogen) atoms. The number of amides is 1. The van der Waals surface area contributed by atoms with Crippen molar-refractivity contribution >= 4 is 17.7 Å². The number of thioether (sulfide) groups is 1. The highest BCUT2D eigenvalue weighted by Crippen LogP contribution is 2.23. The SMILES string of the molecule is CCCCOc1ccc(C(=O)NCCSc2ncc(-c3ccc(OC)cc3)[nH]2)cc1. The fourth-order valence-electron chi connectivity index (χ4n) is 2.74. The molecule has 0 aliphatic rings. The summed E-state index contributed by atoms with van der Waals surface area (Å²) >= 11 is 1.57. The minimum absolute atomic E-state index is 0.0888. The second-order valence-corrected chi connectivity index (χ2v) is 7.74. The molecule has 0 unspecified atom stereocenters. The number of aromatic amines is 1. The average Bonchev–Trinajstić information content (AvgIpc) is 3.26. The second-order valence-electron chi connectivity index (χ2n) is 6.66. The Bertz CT molecular complexity index is 924. The number of hydrogen-bond acceptors (Lipinski definition) is 5. The standard InChI is InChI=1S/C23H27N3O3S/c1-3-4-14-29-20-11-7-18(8-12-20)22(27)24-13-15-30-23-25-16-21(26-23)17-5-9-19(28-2)10-6-17/h5-12,16H,3-4,13-15H2,1-2H3,(H,24,27)(H,25,26). The van der Waals surface area contributed by atoms with E-state index in [1.165, 1.54) is 0 Å². The molecule has 0 bridgehead atoms. The Kier molecular flexibility index (Phi) is 8.20. The number of rotatable bonds is 11. The first-order valence-electron chi connectivity index (χ1n) is 10.0. The van der Waals surface area contributed by atoms with E-state index < -0.39 is 0 Å². The maximum Gasteiger partial charge on any atom is 0.251 e. The Labute approximate surface area is 181 Å². The van der Waals surface area contributed by atoms with E-state index in [2.05, 4.69) is 22.2 Å². The van der Waals surface area contributed by atoms with E-state index >= 15 is 0 Å². The molecule has 0 aliphatic carbocycles. The van der Waals surface area contributed by atoms with Crippen LogP contribution in [0.15, 0.2) is 59.9 Å². The van der Waals surface area contributed by atoms with Crippen LogP contribution in [0.3, 0.4) is 0 Å². The Morgan fingerprint density at radius 2 is 1.83 bits per heavy atom. The van der Waals surface area contributed by atoms with E-state index in [9.17, 15) is 4.79 Å². The summed E-state index contributed by atoms with van der Waals surface area (Å²) in [7, 11) is 1.65. The number of imidazole rings is 1. The molecule has 3 rings (SSSR count). The Balaban J connectivity index is 1.41. The number of carbonyl (C=O) groups is 1. The molecule has 0 saturated carbocycles. The van der Waals surface area contributed by atoms with Crippen LogP contribution >= 0.6 is 11.8 Å². The van der Waals surface area contributed by atoms with Crippen molar-refractivity contribution in [1.29, 1.82) is 0 Å². The fraction of sp³-hybridized carbons (Fsp3) is 0.304. The zero-order valence-electron chi connectivity index (χ0n) is 17.3. The van der Waals surface area contributed by atoms with Crippen LogP contribution in [0, 0.1) is 0 Å². The predicted molar refractivity (Wildman–Crippen MR) is 120 cm³/mol. The van der Waals surface area contributed by atoms with Gasteiger partial charge in [0.15, 0.2) is 5.16 Å². The summed E-state index contributed by atoms with van der Waals surface area (Å²) in [6.07, 6.45) is 3.93. The van der Waals surface area contributed by atoms with Crippen LogP contribution in [0.4, 0.5) is 0 Å². The molecular formula is C23H27N3O3S. The van der Waals surface area contributed by atoms with Gasteiger partial charge in [0.1, 0.15) is 11.5 Å². The molecule has 1 heterocycles. The first kappa shape index (κ1) is 21.8. The summed E-state index contributed by atoms with van der Waals surface area (Å²) < 4.78 is 10.8. The predicted octanol–water partition coefficient (Wildman–Crippen LogP) is 4.79. The van der Waals surface area contributed by atoms with Gasteiger partial charge in [0, 0.05) is 17.9 Å². The summed E-state index contributed by atoms with van der Waals surface area (Å²) in [4.78, 5) is 20.0. The maximum atomic E-state index is 12.3. The van der Waals surface area contributed by atoms with Crippen molar-refractivity contribution in [2.75, 3.05) is 26.0 Å². The van der Waals surface area contributed by atoms with E-state index in [1.54, 1.807) is 31.0 Å². The van der Waals surface area contributed by atoms with Crippen molar-refractivity contribution in [2.24, 2.45) is 0 Å². The molecule has 6 nitrogen and oxygen atoms in total. The third kappa shape index (κ3) is 6.29. The fourth-order valence-corrected chi connectivity index (χ4v) is 3.45. The first-order valence-corrected chi connectivity index (χ1v) is 11.0. The lowest BCUT2D eigenvalue weighted by atomic mass is 10.2. The van der Waals surface area contributed by atoms with Gasteiger partial charge in [0.2, 0.25) is 0 Å². The number of hydrogen-bond donors (Lipinski definition) is 2. The lowest BCUT2D eigenvalue weighted by Crippen LogP contribution is -2.25.